The van der Waals surface area contributed by atoms with E-state index in [1.54, 1.807) is 26.8 Å². The SMILES string of the molecule is C=CCN1C(=NC(=O)[C@H](Cc2ccccc2)NC(=O)OC(C)(C)C)S[C@@H]2CS(=O)(=O)C[C@H]21. The lowest BCUT2D eigenvalue weighted by Gasteiger charge is -2.24. The molecule has 1 aromatic carbocycles. The fraction of sp³-hybridized carbons (Fsp3) is 0.500. The number of carbonyl (C=O) groups is 2. The number of nitrogens with one attached hydrogen (secondary N) is 1. The van der Waals surface area contributed by atoms with Crippen LogP contribution in [0.1, 0.15) is 26.3 Å². The zero-order chi connectivity index (χ0) is 23.5. The van der Waals surface area contributed by atoms with Crippen LogP contribution in [-0.4, -0.2) is 71.5 Å². The van der Waals surface area contributed by atoms with Crippen LogP contribution in [0, 0.1) is 0 Å². The summed E-state index contributed by atoms with van der Waals surface area (Å²) in [5.41, 5.74) is 0.161. The molecular formula is C22H29N3O5S2. The highest BCUT2D eigenvalue weighted by Crippen LogP contribution is 2.38. The van der Waals surface area contributed by atoms with Crippen molar-refractivity contribution >= 4 is 38.8 Å². The minimum absolute atomic E-state index is 0.0370. The Morgan fingerprint density at radius 1 is 1.31 bits per heavy atom. The van der Waals surface area contributed by atoms with Crippen molar-refractivity contribution in [3.8, 4) is 0 Å². The summed E-state index contributed by atoms with van der Waals surface area (Å²) in [7, 11) is -3.11. The van der Waals surface area contributed by atoms with Crippen LogP contribution in [0.15, 0.2) is 48.0 Å². The number of amides is 2. The van der Waals surface area contributed by atoms with E-state index in [9.17, 15) is 18.0 Å². The van der Waals surface area contributed by atoms with Gasteiger partial charge in [-0.2, -0.15) is 4.99 Å². The number of aliphatic imine (C=N–C) groups is 1. The molecule has 174 valence electrons. The number of nitrogens with zero attached hydrogens (tertiary/aromatic N) is 2. The van der Waals surface area contributed by atoms with E-state index in [2.05, 4.69) is 16.9 Å². The highest BCUT2D eigenvalue weighted by atomic mass is 32.2. The van der Waals surface area contributed by atoms with Crippen molar-refractivity contribution in [3.05, 3.63) is 48.6 Å². The molecule has 0 spiro atoms. The molecule has 2 amide bonds. The second-order valence-electron chi connectivity index (χ2n) is 8.86. The maximum absolute atomic E-state index is 13.2. The van der Waals surface area contributed by atoms with Gasteiger partial charge in [0.1, 0.15) is 11.6 Å². The molecule has 0 aromatic heterocycles. The van der Waals surface area contributed by atoms with Crippen LogP contribution in [0.5, 0.6) is 0 Å². The number of hydrogen-bond acceptors (Lipinski definition) is 6. The molecule has 3 atom stereocenters. The average molecular weight is 480 g/mol. The molecule has 0 unspecified atom stereocenters. The van der Waals surface area contributed by atoms with Crippen molar-refractivity contribution in [2.75, 3.05) is 18.1 Å². The van der Waals surface area contributed by atoms with Crippen molar-refractivity contribution in [2.24, 2.45) is 4.99 Å². The molecule has 32 heavy (non-hydrogen) atoms. The lowest BCUT2D eigenvalue weighted by atomic mass is 10.1. The lowest BCUT2D eigenvalue weighted by molar-refractivity contribution is -0.119. The Morgan fingerprint density at radius 2 is 2.00 bits per heavy atom. The quantitative estimate of drug-likeness (QED) is 0.625. The number of carbonyl (C=O) groups excluding carboxylic acids is 2. The average Bonchev–Trinajstić information content (AvgIpc) is 3.13. The second-order valence-corrected chi connectivity index (χ2v) is 12.2. The first-order valence-corrected chi connectivity index (χ1v) is 13.1. The van der Waals surface area contributed by atoms with Gasteiger partial charge in [0.25, 0.3) is 5.91 Å². The molecule has 1 aromatic rings. The molecule has 2 saturated heterocycles. The smallest absolute Gasteiger partial charge is 0.408 e. The van der Waals surface area contributed by atoms with E-state index in [4.69, 9.17) is 4.74 Å². The third-order valence-corrected chi connectivity index (χ3v) is 8.23. The maximum Gasteiger partial charge on any atom is 0.408 e. The molecule has 2 fully saturated rings. The fourth-order valence-electron chi connectivity index (χ4n) is 3.66. The Morgan fingerprint density at radius 3 is 2.62 bits per heavy atom. The third kappa shape index (κ3) is 6.35. The summed E-state index contributed by atoms with van der Waals surface area (Å²) in [5, 5.41) is 2.94. The van der Waals surface area contributed by atoms with Gasteiger partial charge in [-0.25, -0.2) is 13.2 Å². The van der Waals surface area contributed by atoms with Crippen molar-refractivity contribution in [3.63, 3.8) is 0 Å². The lowest BCUT2D eigenvalue weighted by Crippen LogP contribution is -2.45. The van der Waals surface area contributed by atoms with Crippen LogP contribution in [0.25, 0.3) is 0 Å². The number of amidine groups is 1. The van der Waals surface area contributed by atoms with Gasteiger partial charge in [-0.1, -0.05) is 48.2 Å². The number of benzene rings is 1. The van der Waals surface area contributed by atoms with Crippen molar-refractivity contribution < 1.29 is 22.7 Å². The Kier molecular flexibility index (Phi) is 7.34. The topological polar surface area (TPSA) is 105 Å². The van der Waals surface area contributed by atoms with Crippen LogP contribution in [0.2, 0.25) is 0 Å². The molecule has 2 heterocycles. The standard InChI is InChI=1S/C22H29N3O5S2/c1-5-11-25-17-13-32(28,29)14-18(17)31-20(25)24-19(26)16(12-15-9-7-6-8-10-15)23-21(27)30-22(2,3)4/h5-10,16-18H,1,11-14H2,2-4H3,(H,23,27)/t16-,17+,18+/m0/s1. The Hall–Kier alpha value is -2.33. The minimum Gasteiger partial charge on any atom is -0.444 e. The van der Waals surface area contributed by atoms with E-state index in [-0.39, 0.29) is 29.2 Å². The monoisotopic (exact) mass is 479 g/mol. The molecule has 1 N–H and O–H groups in total. The molecule has 0 bridgehead atoms. The van der Waals surface area contributed by atoms with Crippen molar-refractivity contribution in [2.45, 2.75) is 50.1 Å². The van der Waals surface area contributed by atoms with Gasteiger partial charge in [0, 0.05) is 18.2 Å². The Labute approximate surface area is 193 Å². The van der Waals surface area contributed by atoms with Crippen LogP contribution >= 0.6 is 11.8 Å². The molecule has 0 radical (unpaired) electrons. The molecule has 2 aliphatic rings. The van der Waals surface area contributed by atoms with Gasteiger partial charge in [-0.15, -0.1) is 6.58 Å². The van der Waals surface area contributed by atoms with Gasteiger partial charge in [-0.3, -0.25) is 4.79 Å². The van der Waals surface area contributed by atoms with Crippen LogP contribution in [-0.2, 0) is 25.8 Å². The van der Waals surface area contributed by atoms with E-state index in [0.29, 0.717) is 11.7 Å². The molecule has 0 saturated carbocycles. The maximum atomic E-state index is 13.2. The number of thioether (sulfide) groups is 1. The highest BCUT2D eigenvalue weighted by Gasteiger charge is 2.48. The van der Waals surface area contributed by atoms with Crippen LogP contribution in [0.3, 0.4) is 0 Å². The Bertz CT molecular complexity index is 1000. The number of ether oxygens (including phenoxy) is 1. The summed E-state index contributed by atoms with van der Waals surface area (Å²) in [6.07, 6.45) is 1.22. The van der Waals surface area contributed by atoms with Gasteiger partial charge in [0.15, 0.2) is 15.0 Å². The number of rotatable bonds is 6. The van der Waals surface area contributed by atoms with Crippen LogP contribution in [0.4, 0.5) is 4.79 Å². The summed E-state index contributed by atoms with van der Waals surface area (Å²) >= 11 is 1.30. The third-order valence-electron chi connectivity index (χ3n) is 4.98. The number of alkyl carbamates (subject to hydrolysis) is 1. The fourth-order valence-corrected chi connectivity index (χ4v) is 7.63. The number of fused-ring (bicyclic) bond motifs is 1. The van der Waals surface area contributed by atoms with Gasteiger partial charge in [-0.05, 0) is 26.3 Å². The first-order valence-electron chi connectivity index (χ1n) is 10.4. The highest BCUT2D eigenvalue weighted by molar-refractivity contribution is 8.15. The summed E-state index contributed by atoms with van der Waals surface area (Å²) in [4.78, 5) is 31.7. The molecule has 2 aliphatic heterocycles. The minimum atomic E-state index is -3.11. The van der Waals surface area contributed by atoms with Crippen molar-refractivity contribution in [1.29, 1.82) is 0 Å². The number of hydrogen-bond donors (Lipinski definition) is 1. The summed E-state index contributed by atoms with van der Waals surface area (Å²) in [6.45, 7) is 9.36. The van der Waals surface area contributed by atoms with E-state index < -0.39 is 33.5 Å². The van der Waals surface area contributed by atoms with Crippen molar-refractivity contribution in [1.82, 2.24) is 10.2 Å². The van der Waals surface area contributed by atoms with Gasteiger partial charge in [0.05, 0.1) is 17.5 Å². The van der Waals surface area contributed by atoms with E-state index >= 15 is 0 Å². The molecule has 10 heteroatoms. The van der Waals surface area contributed by atoms with Gasteiger partial charge in [0.2, 0.25) is 0 Å². The first-order chi connectivity index (χ1) is 15.0. The Balaban J connectivity index is 1.82. The second kappa shape index (κ2) is 9.66. The zero-order valence-corrected chi connectivity index (χ0v) is 20.1. The zero-order valence-electron chi connectivity index (χ0n) is 18.5. The van der Waals surface area contributed by atoms with E-state index in [1.165, 1.54) is 11.8 Å². The first kappa shape index (κ1) is 24.3. The summed E-state index contributed by atoms with van der Waals surface area (Å²) in [5.74, 6) is -0.415. The molecule has 3 rings (SSSR count). The van der Waals surface area contributed by atoms with E-state index in [0.717, 1.165) is 5.56 Å². The number of sulfone groups is 1. The summed E-state index contributed by atoms with van der Waals surface area (Å²) in [6, 6.07) is 8.17. The predicted molar refractivity (Wildman–Crippen MR) is 126 cm³/mol. The van der Waals surface area contributed by atoms with Gasteiger partial charge >= 0.3 is 6.09 Å². The van der Waals surface area contributed by atoms with Gasteiger partial charge < -0.3 is 15.0 Å². The predicted octanol–water partition coefficient (Wildman–Crippen LogP) is 2.41. The summed E-state index contributed by atoms with van der Waals surface area (Å²) < 4.78 is 29.4. The van der Waals surface area contributed by atoms with E-state index in [1.807, 2.05) is 35.2 Å². The normalized spacial score (nSPS) is 24.1. The largest absolute Gasteiger partial charge is 0.444 e. The molecule has 0 aliphatic carbocycles. The van der Waals surface area contributed by atoms with Crippen LogP contribution < -0.4 is 5.32 Å². The molecular weight excluding hydrogens is 450 g/mol. The molecule has 8 nitrogen and oxygen atoms in total.